The molecule has 106 valence electrons. The molecule has 2 rings (SSSR count). The molecule has 0 bridgehead atoms. The summed E-state index contributed by atoms with van der Waals surface area (Å²) in [5, 5.41) is 3.56. The van der Waals surface area contributed by atoms with E-state index >= 15 is 0 Å². The van der Waals surface area contributed by atoms with Crippen LogP contribution in [-0.4, -0.2) is 19.2 Å². The molecule has 1 aliphatic rings. The fourth-order valence-corrected chi connectivity index (χ4v) is 2.25. The van der Waals surface area contributed by atoms with Gasteiger partial charge in [-0.15, -0.1) is 0 Å². The molecule has 1 atom stereocenters. The molecule has 1 fully saturated rings. The minimum Gasteiger partial charge on any atom is -0.374 e. The van der Waals surface area contributed by atoms with Crippen molar-refractivity contribution in [2.45, 2.75) is 57.6 Å². The summed E-state index contributed by atoms with van der Waals surface area (Å²) in [6, 6.07) is 11.3. The van der Waals surface area contributed by atoms with Crippen molar-refractivity contribution < 1.29 is 4.74 Å². The molecule has 1 aliphatic carbocycles. The van der Waals surface area contributed by atoms with Crippen molar-refractivity contribution in [3.05, 3.63) is 35.9 Å². The van der Waals surface area contributed by atoms with E-state index in [1.54, 1.807) is 0 Å². The first-order valence-corrected chi connectivity index (χ1v) is 7.76. The molecule has 19 heavy (non-hydrogen) atoms. The SMILES string of the molecule is CC(OCCCCCCNC1CC1)c1ccccc1. The molecule has 2 heteroatoms. The lowest BCUT2D eigenvalue weighted by Gasteiger charge is -2.13. The maximum Gasteiger partial charge on any atom is 0.0796 e. The number of rotatable bonds is 10. The third-order valence-corrected chi connectivity index (χ3v) is 3.72. The van der Waals surface area contributed by atoms with Crippen LogP contribution < -0.4 is 5.32 Å². The predicted molar refractivity (Wildman–Crippen MR) is 80.3 cm³/mol. The van der Waals surface area contributed by atoms with Crippen LogP contribution >= 0.6 is 0 Å². The molecular weight excluding hydrogens is 234 g/mol. The highest BCUT2D eigenvalue weighted by molar-refractivity contribution is 5.16. The second-order valence-electron chi connectivity index (χ2n) is 5.57. The van der Waals surface area contributed by atoms with Crippen molar-refractivity contribution in [3.63, 3.8) is 0 Å². The van der Waals surface area contributed by atoms with Crippen molar-refractivity contribution in [2.24, 2.45) is 0 Å². The molecule has 1 N–H and O–H groups in total. The molecule has 0 spiro atoms. The van der Waals surface area contributed by atoms with E-state index in [-0.39, 0.29) is 6.10 Å². The average Bonchev–Trinajstić information content (AvgIpc) is 3.26. The summed E-state index contributed by atoms with van der Waals surface area (Å²) in [4.78, 5) is 0. The van der Waals surface area contributed by atoms with Gasteiger partial charge in [-0.3, -0.25) is 0 Å². The van der Waals surface area contributed by atoms with Gasteiger partial charge in [0.15, 0.2) is 0 Å². The zero-order valence-electron chi connectivity index (χ0n) is 12.1. The number of ether oxygens (including phenoxy) is 1. The summed E-state index contributed by atoms with van der Waals surface area (Å²) >= 11 is 0. The van der Waals surface area contributed by atoms with Gasteiger partial charge >= 0.3 is 0 Å². The summed E-state index contributed by atoms with van der Waals surface area (Å²) in [7, 11) is 0. The minimum atomic E-state index is 0.220. The first-order valence-electron chi connectivity index (χ1n) is 7.76. The average molecular weight is 261 g/mol. The molecule has 2 nitrogen and oxygen atoms in total. The second-order valence-corrected chi connectivity index (χ2v) is 5.57. The van der Waals surface area contributed by atoms with E-state index in [1.165, 1.54) is 50.6 Å². The van der Waals surface area contributed by atoms with Crippen LogP contribution in [0.25, 0.3) is 0 Å². The molecule has 1 saturated carbocycles. The Hall–Kier alpha value is -0.860. The Morgan fingerprint density at radius 3 is 2.58 bits per heavy atom. The van der Waals surface area contributed by atoms with Crippen LogP contribution in [0.3, 0.4) is 0 Å². The van der Waals surface area contributed by atoms with E-state index in [4.69, 9.17) is 4.74 Å². The Labute approximate surface area is 117 Å². The van der Waals surface area contributed by atoms with Gasteiger partial charge in [0, 0.05) is 12.6 Å². The zero-order chi connectivity index (χ0) is 13.3. The van der Waals surface area contributed by atoms with Gasteiger partial charge in [0.2, 0.25) is 0 Å². The lowest BCUT2D eigenvalue weighted by Crippen LogP contribution is -2.17. The molecule has 1 aromatic carbocycles. The van der Waals surface area contributed by atoms with Crippen LogP contribution in [0.2, 0.25) is 0 Å². The van der Waals surface area contributed by atoms with E-state index in [1.807, 2.05) is 6.07 Å². The molecule has 0 saturated heterocycles. The fraction of sp³-hybridized carbons (Fsp3) is 0.647. The monoisotopic (exact) mass is 261 g/mol. The van der Waals surface area contributed by atoms with Crippen LogP contribution in [-0.2, 0) is 4.74 Å². The van der Waals surface area contributed by atoms with E-state index in [9.17, 15) is 0 Å². The number of hydrogen-bond acceptors (Lipinski definition) is 2. The highest BCUT2D eigenvalue weighted by Gasteiger charge is 2.19. The molecule has 0 radical (unpaired) electrons. The van der Waals surface area contributed by atoms with Crippen molar-refractivity contribution in [1.82, 2.24) is 5.32 Å². The third kappa shape index (κ3) is 6.22. The number of unbranched alkanes of at least 4 members (excludes halogenated alkanes) is 3. The fourth-order valence-electron chi connectivity index (χ4n) is 2.25. The molecule has 1 aromatic rings. The quantitative estimate of drug-likeness (QED) is 0.641. The van der Waals surface area contributed by atoms with Crippen LogP contribution in [0, 0.1) is 0 Å². The van der Waals surface area contributed by atoms with E-state index in [0.717, 1.165) is 12.6 Å². The summed E-state index contributed by atoms with van der Waals surface area (Å²) in [6.45, 7) is 4.22. The maximum atomic E-state index is 5.87. The van der Waals surface area contributed by atoms with Crippen LogP contribution in [0.1, 0.15) is 57.1 Å². The molecule has 0 aliphatic heterocycles. The van der Waals surface area contributed by atoms with Gasteiger partial charge < -0.3 is 10.1 Å². The topological polar surface area (TPSA) is 21.3 Å². The number of nitrogens with one attached hydrogen (secondary N) is 1. The maximum absolute atomic E-state index is 5.87. The van der Waals surface area contributed by atoms with Crippen LogP contribution in [0.4, 0.5) is 0 Å². The van der Waals surface area contributed by atoms with Crippen molar-refractivity contribution in [2.75, 3.05) is 13.2 Å². The summed E-state index contributed by atoms with van der Waals surface area (Å²) in [6.07, 6.45) is 8.11. The van der Waals surface area contributed by atoms with Gasteiger partial charge in [0.1, 0.15) is 0 Å². The molecule has 0 heterocycles. The summed E-state index contributed by atoms with van der Waals surface area (Å²) < 4.78 is 5.87. The Balaban J connectivity index is 1.43. The van der Waals surface area contributed by atoms with Crippen LogP contribution in [0.15, 0.2) is 30.3 Å². The van der Waals surface area contributed by atoms with Crippen molar-refractivity contribution in [1.29, 1.82) is 0 Å². The standard InChI is InChI=1S/C17H27NO/c1-15(16-9-5-4-6-10-16)19-14-8-3-2-7-13-18-17-11-12-17/h4-6,9-10,15,17-18H,2-3,7-8,11-14H2,1H3. The predicted octanol–water partition coefficient (Wildman–Crippen LogP) is 4.08. The van der Waals surface area contributed by atoms with Crippen molar-refractivity contribution in [3.8, 4) is 0 Å². The van der Waals surface area contributed by atoms with Gasteiger partial charge in [-0.1, -0.05) is 43.2 Å². The normalized spacial score (nSPS) is 16.5. The van der Waals surface area contributed by atoms with Gasteiger partial charge in [-0.25, -0.2) is 0 Å². The van der Waals surface area contributed by atoms with Gasteiger partial charge in [-0.2, -0.15) is 0 Å². The van der Waals surface area contributed by atoms with Gasteiger partial charge in [0.25, 0.3) is 0 Å². The largest absolute Gasteiger partial charge is 0.374 e. The first kappa shape index (κ1) is 14.5. The minimum absolute atomic E-state index is 0.220. The highest BCUT2D eigenvalue weighted by Crippen LogP contribution is 2.18. The third-order valence-electron chi connectivity index (χ3n) is 3.72. The Morgan fingerprint density at radius 2 is 1.84 bits per heavy atom. The smallest absolute Gasteiger partial charge is 0.0796 e. The van der Waals surface area contributed by atoms with Crippen LogP contribution in [0.5, 0.6) is 0 Å². The highest BCUT2D eigenvalue weighted by atomic mass is 16.5. The number of hydrogen-bond donors (Lipinski definition) is 1. The first-order chi connectivity index (χ1) is 9.36. The van der Waals surface area contributed by atoms with Crippen molar-refractivity contribution >= 4 is 0 Å². The molecule has 0 amide bonds. The zero-order valence-corrected chi connectivity index (χ0v) is 12.1. The summed E-state index contributed by atoms with van der Waals surface area (Å²) in [5.41, 5.74) is 1.27. The lowest BCUT2D eigenvalue weighted by atomic mass is 10.1. The van der Waals surface area contributed by atoms with E-state index in [2.05, 4.69) is 36.5 Å². The Bertz CT molecular complexity index is 334. The lowest BCUT2D eigenvalue weighted by molar-refractivity contribution is 0.0627. The summed E-state index contributed by atoms with van der Waals surface area (Å²) in [5.74, 6) is 0. The number of benzene rings is 1. The Morgan fingerprint density at radius 1 is 1.11 bits per heavy atom. The molecule has 0 aromatic heterocycles. The van der Waals surface area contributed by atoms with E-state index in [0.29, 0.717) is 0 Å². The van der Waals surface area contributed by atoms with Gasteiger partial charge in [-0.05, 0) is 44.7 Å². The second kappa shape index (κ2) is 8.34. The molecular formula is C17H27NO. The molecule has 1 unspecified atom stereocenters. The van der Waals surface area contributed by atoms with E-state index < -0.39 is 0 Å². The Kier molecular flexibility index (Phi) is 6.38. The van der Waals surface area contributed by atoms with Gasteiger partial charge in [0.05, 0.1) is 6.10 Å².